The highest BCUT2D eigenvalue weighted by Crippen LogP contribution is 2.28. The van der Waals surface area contributed by atoms with Crippen molar-refractivity contribution >= 4 is 40.7 Å². The molecule has 1 saturated heterocycles. The summed E-state index contributed by atoms with van der Waals surface area (Å²) in [7, 11) is 0. The number of likely N-dealkylation sites (tertiary alicyclic amines) is 1. The van der Waals surface area contributed by atoms with Crippen LogP contribution in [0.2, 0.25) is 0 Å². The van der Waals surface area contributed by atoms with Gasteiger partial charge in [-0.05, 0) is 75.0 Å². The van der Waals surface area contributed by atoms with E-state index < -0.39 is 0 Å². The molecule has 34 heavy (non-hydrogen) atoms. The number of carbonyl (C=O) groups is 1. The zero-order valence-electron chi connectivity index (χ0n) is 19.9. The first-order valence-corrected chi connectivity index (χ1v) is 12.5. The van der Waals surface area contributed by atoms with E-state index in [1.165, 1.54) is 31.0 Å². The van der Waals surface area contributed by atoms with Crippen molar-refractivity contribution in [2.24, 2.45) is 5.73 Å². The van der Waals surface area contributed by atoms with Crippen LogP contribution in [0.5, 0.6) is 0 Å². The summed E-state index contributed by atoms with van der Waals surface area (Å²) in [6.07, 6.45) is 5.83. The van der Waals surface area contributed by atoms with Crippen LogP contribution in [0.25, 0.3) is 0 Å². The van der Waals surface area contributed by atoms with E-state index >= 15 is 0 Å². The van der Waals surface area contributed by atoms with Gasteiger partial charge in [-0.25, -0.2) is 9.97 Å². The summed E-state index contributed by atoms with van der Waals surface area (Å²) in [4.78, 5) is 24.3. The van der Waals surface area contributed by atoms with Crippen molar-refractivity contribution < 1.29 is 4.79 Å². The number of nitrogens with two attached hydrogens (primary N) is 1. The Morgan fingerprint density at radius 1 is 1.15 bits per heavy atom. The number of carbonyl (C=O) groups excluding carboxylic acids is 1. The summed E-state index contributed by atoms with van der Waals surface area (Å²) in [6.45, 7) is 7.54. The monoisotopic (exact) mass is 482 g/mol. The summed E-state index contributed by atoms with van der Waals surface area (Å²) in [5, 5.41) is 17.5. The van der Waals surface area contributed by atoms with Crippen molar-refractivity contribution in [2.45, 2.75) is 49.6 Å². The Hall–Kier alpha value is -3.11. The van der Waals surface area contributed by atoms with E-state index in [9.17, 15) is 4.79 Å². The molecule has 0 aliphatic carbocycles. The molecule has 1 aliphatic rings. The van der Waals surface area contributed by atoms with Gasteiger partial charge in [0, 0.05) is 41.9 Å². The number of rotatable bonds is 11. The Morgan fingerprint density at radius 2 is 1.85 bits per heavy atom. The standard InChI is InChI=1S/C24H34N8OS/c1-3-23(33)28-18-7-9-19(10-8-18)34-24-30-21(27-11-14-32-12-5-4-6-13-32)16-22(31-24)29-20(26)15-17(2)25/h7-10,15-16,25H,3-6,11-14,26H2,1-2H3,(H,28,33)(H2,27,29,30,31)/b20-15+,25-17?. The van der Waals surface area contributed by atoms with Gasteiger partial charge in [0.2, 0.25) is 5.91 Å². The Labute approximate surface area is 205 Å². The van der Waals surface area contributed by atoms with Crippen molar-refractivity contribution in [2.75, 3.05) is 42.1 Å². The van der Waals surface area contributed by atoms with E-state index in [1.807, 2.05) is 37.3 Å². The number of benzene rings is 1. The molecule has 0 unspecified atom stereocenters. The number of allylic oxidation sites excluding steroid dienone is 1. The van der Waals surface area contributed by atoms with Gasteiger partial charge in [-0.1, -0.05) is 13.3 Å². The molecular formula is C24H34N8OS. The van der Waals surface area contributed by atoms with Gasteiger partial charge in [-0.2, -0.15) is 0 Å². The quantitative estimate of drug-likeness (QED) is 0.239. The van der Waals surface area contributed by atoms with E-state index in [0.717, 1.165) is 36.8 Å². The molecule has 1 fully saturated rings. The number of amides is 1. The fourth-order valence-electron chi connectivity index (χ4n) is 3.53. The molecule has 2 heterocycles. The molecule has 6 N–H and O–H groups in total. The summed E-state index contributed by atoms with van der Waals surface area (Å²) in [5.41, 5.74) is 7.11. The molecular weight excluding hydrogens is 448 g/mol. The minimum absolute atomic E-state index is 0.0198. The minimum Gasteiger partial charge on any atom is -0.385 e. The van der Waals surface area contributed by atoms with Crippen molar-refractivity contribution in [3.63, 3.8) is 0 Å². The van der Waals surface area contributed by atoms with Gasteiger partial charge >= 0.3 is 0 Å². The topological polar surface area (TPSA) is 132 Å². The molecule has 182 valence electrons. The Kier molecular flexibility index (Phi) is 9.72. The first-order chi connectivity index (χ1) is 16.4. The lowest BCUT2D eigenvalue weighted by Crippen LogP contribution is -2.33. The number of anilines is 3. The zero-order valence-corrected chi connectivity index (χ0v) is 20.7. The second-order valence-corrected chi connectivity index (χ2v) is 9.23. The average molecular weight is 483 g/mol. The molecule has 10 heteroatoms. The molecule has 0 bridgehead atoms. The predicted molar refractivity (Wildman–Crippen MR) is 140 cm³/mol. The van der Waals surface area contributed by atoms with Gasteiger partial charge < -0.3 is 32.0 Å². The molecule has 0 saturated carbocycles. The van der Waals surface area contributed by atoms with Crippen LogP contribution in [0.4, 0.5) is 17.3 Å². The molecule has 9 nitrogen and oxygen atoms in total. The van der Waals surface area contributed by atoms with Crippen LogP contribution < -0.4 is 21.7 Å². The van der Waals surface area contributed by atoms with Crippen molar-refractivity contribution in [3.8, 4) is 0 Å². The van der Waals surface area contributed by atoms with Gasteiger partial charge in [-0.3, -0.25) is 4.79 Å². The summed E-state index contributed by atoms with van der Waals surface area (Å²) in [5.74, 6) is 1.59. The normalized spacial score (nSPS) is 14.5. The van der Waals surface area contributed by atoms with E-state index in [0.29, 0.717) is 34.7 Å². The lowest BCUT2D eigenvalue weighted by molar-refractivity contribution is -0.115. The third-order valence-corrected chi connectivity index (χ3v) is 6.07. The van der Waals surface area contributed by atoms with E-state index in [2.05, 4.69) is 30.8 Å². The second-order valence-electron chi connectivity index (χ2n) is 8.19. The summed E-state index contributed by atoms with van der Waals surface area (Å²) in [6, 6.07) is 9.40. The number of hydrogen-bond donors (Lipinski definition) is 5. The Bertz CT molecular complexity index is 1000. The second kappa shape index (κ2) is 13.0. The highest BCUT2D eigenvalue weighted by Gasteiger charge is 2.11. The van der Waals surface area contributed by atoms with Crippen LogP contribution in [0.1, 0.15) is 39.5 Å². The van der Waals surface area contributed by atoms with Crippen LogP contribution in [0, 0.1) is 5.41 Å². The summed E-state index contributed by atoms with van der Waals surface area (Å²) >= 11 is 1.42. The van der Waals surface area contributed by atoms with Crippen LogP contribution in [0.15, 0.2) is 52.3 Å². The third-order valence-electron chi connectivity index (χ3n) is 5.20. The number of aromatic nitrogens is 2. The van der Waals surface area contributed by atoms with E-state index in [4.69, 9.17) is 11.1 Å². The maximum absolute atomic E-state index is 11.6. The SMILES string of the molecule is CCC(=O)Nc1ccc(Sc2nc(NCCN3CCCCC3)cc(N/C(N)=C/C(C)=N)n2)cc1. The average Bonchev–Trinajstić information content (AvgIpc) is 2.80. The highest BCUT2D eigenvalue weighted by atomic mass is 32.2. The maximum Gasteiger partial charge on any atom is 0.224 e. The molecule has 1 aromatic carbocycles. The first kappa shape index (κ1) is 25.5. The van der Waals surface area contributed by atoms with Crippen LogP contribution in [-0.4, -0.2) is 52.7 Å². The smallest absolute Gasteiger partial charge is 0.224 e. The fourth-order valence-corrected chi connectivity index (χ4v) is 4.30. The van der Waals surface area contributed by atoms with Gasteiger partial charge in [-0.15, -0.1) is 0 Å². The van der Waals surface area contributed by atoms with Crippen molar-refractivity contribution in [1.82, 2.24) is 14.9 Å². The molecule has 1 aromatic heterocycles. The largest absolute Gasteiger partial charge is 0.385 e. The molecule has 0 atom stereocenters. The van der Waals surface area contributed by atoms with Crippen LogP contribution >= 0.6 is 11.8 Å². The Balaban J connectivity index is 1.71. The molecule has 2 aromatic rings. The lowest BCUT2D eigenvalue weighted by Gasteiger charge is -2.26. The van der Waals surface area contributed by atoms with Gasteiger partial charge in [0.15, 0.2) is 5.16 Å². The highest BCUT2D eigenvalue weighted by molar-refractivity contribution is 7.99. The Morgan fingerprint density at radius 3 is 2.53 bits per heavy atom. The minimum atomic E-state index is -0.0198. The van der Waals surface area contributed by atoms with Gasteiger partial charge in [0.1, 0.15) is 17.5 Å². The molecule has 3 rings (SSSR count). The lowest BCUT2D eigenvalue weighted by atomic mass is 10.1. The summed E-state index contributed by atoms with van der Waals surface area (Å²) < 4.78 is 0. The van der Waals surface area contributed by atoms with Gasteiger partial charge in [0.05, 0.1) is 0 Å². The number of nitrogens with zero attached hydrogens (tertiary/aromatic N) is 3. The molecule has 1 amide bonds. The molecule has 0 radical (unpaired) electrons. The molecule has 0 spiro atoms. The first-order valence-electron chi connectivity index (χ1n) is 11.6. The number of piperidine rings is 1. The number of hydrogen-bond acceptors (Lipinski definition) is 9. The fraction of sp³-hybridized carbons (Fsp3) is 0.417. The van der Waals surface area contributed by atoms with Gasteiger partial charge in [0.25, 0.3) is 0 Å². The van der Waals surface area contributed by atoms with E-state index in [1.54, 1.807) is 13.0 Å². The third kappa shape index (κ3) is 8.68. The zero-order chi connectivity index (χ0) is 24.3. The van der Waals surface area contributed by atoms with Crippen molar-refractivity contribution in [3.05, 3.63) is 42.2 Å². The van der Waals surface area contributed by atoms with Crippen LogP contribution in [-0.2, 0) is 4.79 Å². The number of nitrogens with one attached hydrogen (secondary N) is 4. The van der Waals surface area contributed by atoms with Crippen molar-refractivity contribution in [1.29, 1.82) is 5.41 Å². The van der Waals surface area contributed by atoms with Crippen LogP contribution in [0.3, 0.4) is 0 Å². The van der Waals surface area contributed by atoms with E-state index in [-0.39, 0.29) is 5.91 Å². The molecule has 1 aliphatic heterocycles. The maximum atomic E-state index is 11.6. The predicted octanol–water partition coefficient (Wildman–Crippen LogP) is 4.13.